The van der Waals surface area contributed by atoms with Crippen molar-refractivity contribution in [2.24, 2.45) is 0 Å². The number of H-pyrrole nitrogens is 1. The van der Waals surface area contributed by atoms with Gasteiger partial charge in [0, 0.05) is 17.7 Å². The number of hydrogen-bond donors (Lipinski definition) is 2. The summed E-state index contributed by atoms with van der Waals surface area (Å²) in [6, 6.07) is 0.234. The number of aromatic nitrogens is 2. The van der Waals surface area contributed by atoms with Gasteiger partial charge in [0.2, 0.25) is 0 Å². The molecule has 2 aliphatic rings. The molecule has 0 bridgehead atoms. The zero-order chi connectivity index (χ0) is 11.0. The minimum atomic E-state index is -0.232. The third kappa shape index (κ3) is 1.66. The van der Waals surface area contributed by atoms with Crippen LogP contribution in [0.3, 0.4) is 0 Å². The maximum atomic E-state index is 11.5. The van der Waals surface area contributed by atoms with Crippen LogP contribution in [-0.4, -0.2) is 23.1 Å². The Morgan fingerprint density at radius 3 is 3.19 bits per heavy atom. The second kappa shape index (κ2) is 3.99. The Morgan fingerprint density at radius 1 is 1.44 bits per heavy atom. The second-order valence-electron chi connectivity index (χ2n) is 4.34. The molecule has 1 atom stereocenters. The van der Waals surface area contributed by atoms with E-state index in [1.165, 1.54) is 0 Å². The van der Waals surface area contributed by atoms with Crippen LogP contribution in [0.15, 0.2) is 4.79 Å². The van der Waals surface area contributed by atoms with E-state index in [0.717, 1.165) is 42.8 Å². The van der Waals surface area contributed by atoms with Crippen molar-refractivity contribution in [3.8, 4) is 0 Å². The van der Waals surface area contributed by atoms with Crippen molar-refractivity contribution in [2.75, 3.05) is 13.2 Å². The molecule has 3 heterocycles. The van der Waals surface area contributed by atoms with Crippen molar-refractivity contribution >= 4 is 0 Å². The molecule has 1 aromatic rings. The van der Waals surface area contributed by atoms with Gasteiger partial charge in [0.15, 0.2) is 0 Å². The maximum absolute atomic E-state index is 11.5. The fourth-order valence-corrected chi connectivity index (χ4v) is 2.49. The highest BCUT2D eigenvalue weighted by atomic mass is 16.5. The third-order valence-corrected chi connectivity index (χ3v) is 3.29. The molecule has 2 aliphatic heterocycles. The molecule has 86 valence electrons. The summed E-state index contributed by atoms with van der Waals surface area (Å²) in [4.78, 5) is 18.4. The monoisotopic (exact) mass is 221 g/mol. The molecule has 0 aromatic carbocycles. The molecule has 16 heavy (non-hydrogen) atoms. The fourth-order valence-electron chi connectivity index (χ4n) is 2.49. The Kier molecular flexibility index (Phi) is 2.49. The van der Waals surface area contributed by atoms with Gasteiger partial charge >= 0.3 is 5.69 Å². The van der Waals surface area contributed by atoms with E-state index >= 15 is 0 Å². The van der Waals surface area contributed by atoms with E-state index < -0.39 is 0 Å². The summed E-state index contributed by atoms with van der Waals surface area (Å²) in [6.45, 7) is 2.27. The van der Waals surface area contributed by atoms with E-state index in [4.69, 9.17) is 4.74 Å². The molecule has 5 heteroatoms. The van der Waals surface area contributed by atoms with Crippen LogP contribution in [0, 0.1) is 0 Å². The summed E-state index contributed by atoms with van der Waals surface area (Å²) in [5.74, 6) is 0. The lowest BCUT2D eigenvalue weighted by Gasteiger charge is -2.21. The van der Waals surface area contributed by atoms with Crippen LogP contribution in [0.25, 0.3) is 0 Å². The summed E-state index contributed by atoms with van der Waals surface area (Å²) in [5.41, 5.74) is 2.76. The Labute approximate surface area is 93.2 Å². The first-order valence-electron chi connectivity index (χ1n) is 5.77. The number of nitrogens with zero attached hydrogens (tertiary/aromatic N) is 1. The van der Waals surface area contributed by atoms with Crippen molar-refractivity contribution in [1.29, 1.82) is 0 Å². The predicted molar refractivity (Wildman–Crippen MR) is 58.2 cm³/mol. The maximum Gasteiger partial charge on any atom is 0.345 e. The van der Waals surface area contributed by atoms with E-state index in [1.807, 2.05) is 0 Å². The molecule has 0 aliphatic carbocycles. The zero-order valence-corrected chi connectivity index (χ0v) is 9.08. The summed E-state index contributed by atoms with van der Waals surface area (Å²) >= 11 is 0. The Hall–Kier alpha value is -1.20. The van der Waals surface area contributed by atoms with Crippen LogP contribution >= 0.6 is 0 Å². The number of aromatic amines is 1. The van der Waals surface area contributed by atoms with Crippen LogP contribution in [0.1, 0.15) is 35.8 Å². The van der Waals surface area contributed by atoms with Gasteiger partial charge in [-0.05, 0) is 19.4 Å². The van der Waals surface area contributed by atoms with Gasteiger partial charge in [0.1, 0.15) is 0 Å². The van der Waals surface area contributed by atoms with Crippen LogP contribution in [0.4, 0.5) is 0 Å². The average molecular weight is 221 g/mol. The van der Waals surface area contributed by atoms with Crippen LogP contribution < -0.4 is 11.0 Å². The molecule has 1 fully saturated rings. The van der Waals surface area contributed by atoms with Crippen molar-refractivity contribution in [1.82, 2.24) is 15.3 Å². The Balaban J connectivity index is 2.08. The van der Waals surface area contributed by atoms with E-state index in [0.29, 0.717) is 13.2 Å². The number of ether oxygens (including phenoxy) is 1. The highest BCUT2D eigenvalue weighted by Gasteiger charge is 2.24. The first-order valence-corrected chi connectivity index (χ1v) is 5.77. The minimum Gasteiger partial charge on any atom is -0.376 e. The van der Waals surface area contributed by atoms with Crippen LogP contribution in [0.2, 0.25) is 0 Å². The largest absolute Gasteiger partial charge is 0.376 e. The van der Waals surface area contributed by atoms with Gasteiger partial charge < -0.3 is 15.0 Å². The highest BCUT2D eigenvalue weighted by Crippen LogP contribution is 2.26. The van der Waals surface area contributed by atoms with Crippen molar-refractivity contribution in [2.45, 2.75) is 31.9 Å². The summed E-state index contributed by atoms with van der Waals surface area (Å²) in [7, 11) is 0. The van der Waals surface area contributed by atoms with Gasteiger partial charge in [-0.1, -0.05) is 0 Å². The smallest absolute Gasteiger partial charge is 0.345 e. The fraction of sp³-hybridized carbons (Fsp3) is 0.636. The van der Waals surface area contributed by atoms with E-state index in [1.54, 1.807) is 0 Å². The first kappa shape index (κ1) is 9.99. The van der Waals surface area contributed by atoms with Crippen molar-refractivity contribution in [3.63, 3.8) is 0 Å². The lowest BCUT2D eigenvalue weighted by molar-refractivity contribution is 0.107. The third-order valence-electron chi connectivity index (χ3n) is 3.29. The van der Waals surface area contributed by atoms with Crippen LogP contribution in [0.5, 0.6) is 0 Å². The quantitative estimate of drug-likeness (QED) is 0.714. The first-order chi connectivity index (χ1) is 7.84. The average Bonchev–Trinajstić information content (AvgIpc) is 2.81. The molecule has 3 rings (SSSR count). The van der Waals surface area contributed by atoms with E-state index in [-0.39, 0.29) is 11.7 Å². The molecule has 1 aromatic heterocycles. The zero-order valence-electron chi connectivity index (χ0n) is 9.08. The van der Waals surface area contributed by atoms with Crippen molar-refractivity contribution in [3.05, 3.63) is 27.4 Å². The molecule has 0 spiro atoms. The molecule has 0 saturated carbocycles. The second-order valence-corrected chi connectivity index (χ2v) is 4.34. The normalized spacial score (nSPS) is 24.4. The van der Waals surface area contributed by atoms with Gasteiger partial charge in [-0.25, -0.2) is 4.79 Å². The lowest BCUT2D eigenvalue weighted by atomic mass is 10.0. The lowest BCUT2D eigenvalue weighted by Crippen LogP contribution is -2.27. The van der Waals surface area contributed by atoms with Crippen LogP contribution in [-0.2, 0) is 17.8 Å². The molecule has 2 N–H and O–H groups in total. The number of fused-ring (bicyclic) bond motifs is 1. The molecular weight excluding hydrogens is 206 g/mol. The van der Waals surface area contributed by atoms with E-state index in [2.05, 4.69) is 15.3 Å². The number of nitrogens with one attached hydrogen (secondary N) is 2. The number of hydrogen-bond acceptors (Lipinski definition) is 4. The SMILES string of the molecule is O=c1nc(C2CCCN2)c2c([nH]1)CCOC2. The van der Waals surface area contributed by atoms with Gasteiger partial charge in [0.05, 0.1) is 24.9 Å². The molecule has 1 saturated heterocycles. The molecular formula is C11H15N3O2. The highest BCUT2D eigenvalue weighted by molar-refractivity contribution is 5.28. The topological polar surface area (TPSA) is 67.0 Å². The predicted octanol–water partition coefficient (Wildman–Crippen LogP) is 0.267. The molecule has 0 radical (unpaired) electrons. The molecule has 1 unspecified atom stereocenters. The Morgan fingerprint density at radius 2 is 2.38 bits per heavy atom. The summed E-state index contributed by atoms with van der Waals surface area (Å²) in [6.07, 6.45) is 2.99. The summed E-state index contributed by atoms with van der Waals surface area (Å²) in [5, 5.41) is 3.38. The minimum absolute atomic E-state index is 0.232. The van der Waals surface area contributed by atoms with E-state index in [9.17, 15) is 4.79 Å². The summed E-state index contributed by atoms with van der Waals surface area (Å²) < 4.78 is 5.45. The van der Waals surface area contributed by atoms with Gasteiger partial charge in [0.25, 0.3) is 0 Å². The molecule has 0 amide bonds. The molecule has 5 nitrogen and oxygen atoms in total. The van der Waals surface area contributed by atoms with Gasteiger partial charge in [-0.3, -0.25) is 0 Å². The number of rotatable bonds is 1. The Bertz CT molecular complexity index is 449. The standard InChI is InChI=1S/C11H15N3O2/c15-11-13-8-3-5-16-6-7(8)10(14-11)9-2-1-4-12-9/h9,12H,1-6H2,(H,13,14,15). The van der Waals surface area contributed by atoms with Crippen molar-refractivity contribution < 1.29 is 4.74 Å². The van der Waals surface area contributed by atoms with Gasteiger partial charge in [-0.2, -0.15) is 4.98 Å². The van der Waals surface area contributed by atoms with Gasteiger partial charge in [-0.15, -0.1) is 0 Å².